The molecule has 0 saturated heterocycles. The van der Waals surface area contributed by atoms with E-state index in [9.17, 15) is 19.2 Å². The van der Waals surface area contributed by atoms with Crippen LogP contribution in [0, 0.1) is 0 Å². The minimum atomic E-state index is -0.702. The number of hydrogen-bond donors (Lipinski definition) is 2. The summed E-state index contributed by atoms with van der Waals surface area (Å²) in [4.78, 5) is 44.1. The Bertz CT molecular complexity index is 700. The number of carboxylic acid groups (broad SMARTS) is 1. The number of rotatable bonds is 22. The van der Waals surface area contributed by atoms with Gasteiger partial charge in [-0.3, -0.25) is 19.2 Å². The molecule has 0 fully saturated rings. The standard InChI is InChI=1S/C17H32O4.C16H30O4.CH4O.Na.H2O/c1-17(2,3)21-16(19)14-12-10-8-6-5-7-9-11-13-15(18)20-4;1-16(2,3)20-15(19)13-11-9-7-5-4-6-8-10-12-14(17)18;1-2;;/h5-14H2,1-4H3;4-13H2,1-3H3,(H,17,18);2H,1H3;;1H2/q;;;+1;/p-1. The zero-order chi connectivity index (χ0) is 33.6. The molecule has 45 heavy (non-hydrogen) atoms. The number of unbranched alkanes of at least 4 members (excludes halogenated alkanes) is 14. The van der Waals surface area contributed by atoms with E-state index in [1.54, 1.807) is 0 Å². The van der Waals surface area contributed by atoms with Gasteiger partial charge in [-0.1, -0.05) is 77.0 Å². The molecule has 0 bridgehead atoms. The topological polar surface area (TPSA) is 166 Å². The van der Waals surface area contributed by atoms with Crippen molar-refractivity contribution in [2.24, 2.45) is 0 Å². The van der Waals surface area contributed by atoms with Crippen molar-refractivity contribution in [1.29, 1.82) is 0 Å². The Morgan fingerprint density at radius 1 is 0.467 bits per heavy atom. The van der Waals surface area contributed by atoms with Crippen LogP contribution in [0.2, 0.25) is 0 Å². The monoisotopic (exact) mass is 658 g/mol. The first kappa shape index (κ1) is 53.3. The van der Waals surface area contributed by atoms with Gasteiger partial charge in [-0.15, -0.1) is 0 Å². The van der Waals surface area contributed by atoms with Crippen LogP contribution in [-0.2, 0) is 33.4 Å². The molecular weight excluding hydrogens is 591 g/mol. The number of aliphatic hydroxyl groups excluding tert-OH is 1. The Labute approximate surface area is 296 Å². The number of carbonyl (C=O) groups excluding carboxylic acids is 3. The van der Waals surface area contributed by atoms with E-state index in [1.807, 2.05) is 41.5 Å². The Balaban J connectivity index is -0.000000216. The first-order valence-corrected chi connectivity index (χ1v) is 16.3. The van der Waals surface area contributed by atoms with E-state index in [4.69, 9.17) is 19.7 Å². The zero-order valence-corrected chi connectivity index (χ0v) is 32.3. The van der Waals surface area contributed by atoms with E-state index in [0.29, 0.717) is 19.3 Å². The molecule has 0 aromatic heterocycles. The summed E-state index contributed by atoms with van der Waals surface area (Å²) in [6.07, 6.45) is 18.9. The molecule has 0 aliphatic carbocycles. The van der Waals surface area contributed by atoms with E-state index in [1.165, 1.54) is 39.2 Å². The van der Waals surface area contributed by atoms with Crippen molar-refractivity contribution in [1.82, 2.24) is 0 Å². The van der Waals surface area contributed by atoms with Gasteiger partial charge in [0.1, 0.15) is 11.2 Å². The van der Waals surface area contributed by atoms with Gasteiger partial charge in [0.2, 0.25) is 0 Å². The van der Waals surface area contributed by atoms with Crippen LogP contribution in [0.5, 0.6) is 0 Å². The fourth-order valence-electron chi connectivity index (χ4n) is 4.09. The Morgan fingerprint density at radius 2 is 0.689 bits per heavy atom. The first-order chi connectivity index (χ1) is 20.2. The molecule has 11 heteroatoms. The van der Waals surface area contributed by atoms with E-state index in [0.717, 1.165) is 77.7 Å². The zero-order valence-electron chi connectivity index (χ0n) is 30.3. The molecule has 0 aliphatic heterocycles. The fourth-order valence-corrected chi connectivity index (χ4v) is 4.09. The van der Waals surface area contributed by atoms with Crippen LogP contribution in [0.4, 0.5) is 0 Å². The van der Waals surface area contributed by atoms with Crippen LogP contribution in [0.3, 0.4) is 0 Å². The number of hydrogen-bond acceptors (Lipinski definition) is 9. The summed E-state index contributed by atoms with van der Waals surface area (Å²) in [6, 6.07) is 0. The van der Waals surface area contributed by atoms with Crippen molar-refractivity contribution in [2.45, 2.75) is 181 Å². The number of aliphatic hydroxyl groups is 1. The molecule has 0 aromatic rings. The quantitative estimate of drug-likeness (QED) is 0.0687. The smallest absolute Gasteiger partial charge is 0.870 e. The van der Waals surface area contributed by atoms with Gasteiger partial charge in [0.25, 0.3) is 0 Å². The number of aliphatic carboxylic acids is 1. The second kappa shape index (κ2) is 35.7. The number of esters is 3. The second-order valence-corrected chi connectivity index (χ2v) is 12.8. The molecule has 0 atom stereocenters. The van der Waals surface area contributed by atoms with Crippen LogP contribution in [0.1, 0.15) is 170 Å². The van der Waals surface area contributed by atoms with Crippen molar-refractivity contribution in [3.8, 4) is 0 Å². The van der Waals surface area contributed by atoms with Crippen molar-refractivity contribution in [3.63, 3.8) is 0 Å². The maximum atomic E-state index is 11.5. The normalized spacial score (nSPS) is 10.4. The van der Waals surface area contributed by atoms with Crippen molar-refractivity contribution < 1.29 is 78.6 Å². The van der Waals surface area contributed by atoms with Crippen molar-refractivity contribution >= 4 is 23.9 Å². The minimum Gasteiger partial charge on any atom is -0.870 e. The molecule has 264 valence electrons. The second-order valence-electron chi connectivity index (χ2n) is 12.8. The van der Waals surface area contributed by atoms with Gasteiger partial charge < -0.3 is 29.9 Å². The summed E-state index contributed by atoms with van der Waals surface area (Å²) in [6.45, 7) is 11.3. The van der Waals surface area contributed by atoms with Gasteiger partial charge >= 0.3 is 53.4 Å². The van der Waals surface area contributed by atoms with E-state index in [-0.39, 0.29) is 70.6 Å². The third kappa shape index (κ3) is 52.6. The molecule has 0 amide bonds. The summed E-state index contributed by atoms with van der Waals surface area (Å²) in [5.41, 5.74) is -0.756. The SMILES string of the molecule is CC(C)(C)OC(=O)CCCCCCCCCCC(=O)O.CO.COC(=O)CCCCCCCCCCC(=O)OC(C)(C)C.[Na+].[OH-]. The number of ether oxygens (including phenoxy) is 3. The largest absolute Gasteiger partial charge is 1.00 e. The van der Waals surface area contributed by atoms with Crippen molar-refractivity contribution in [2.75, 3.05) is 14.2 Å². The van der Waals surface area contributed by atoms with Crippen molar-refractivity contribution in [3.05, 3.63) is 0 Å². The molecular formula is C34H67NaO10. The Morgan fingerprint density at radius 3 is 0.911 bits per heavy atom. The van der Waals surface area contributed by atoms with Crippen LogP contribution in [-0.4, -0.2) is 65.0 Å². The Hall–Kier alpha value is -1.20. The number of carbonyl (C=O) groups is 4. The molecule has 0 unspecified atom stereocenters. The van der Waals surface area contributed by atoms with Gasteiger partial charge in [-0.2, -0.15) is 0 Å². The summed E-state index contributed by atoms with van der Waals surface area (Å²) >= 11 is 0. The third-order valence-electron chi connectivity index (χ3n) is 6.10. The van der Waals surface area contributed by atoms with Gasteiger partial charge in [0.15, 0.2) is 0 Å². The molecule has 0 aliphatic rings. The van der Waals surface area contributed by atoms with Gasteiger partial charge in [-0.25, -0.2) is 0 Å². The maximum Gasteiger partial charge on any atom is 1.00 e. The summed E-state index contributed by atoms with van der Waals surface area (Å²) in [5.74, 6) is -1.01. The molecule has 0 rings (SSSR count). The predicted octanol–water partition coefficient (Wildman–Crippen LogP) is 5.15. The van der Waals surface area contributed by atoms with Gasteiger partial charge in [-0.05, 0) is 67.2 Å². The summed E-state index contributed by atoms with van der Waals surface area (Å²) in [7, 11) is 2.43. The molecule has 0 aromatic carbocycles. The number of carboxylic acids is 1. The van der Waals surface area contributed by atoms with Crippen LogP contribution >= 0.6 is 0 Å². The van der Waals surface area contributed by atoms with Gasteiger partial charge in [0, 0.05) is 32.8 Å². The van der Waals surface area contributed by atoms with Crippen LogP contribution < -0.4 is 29.6 Å². The van der Waals surface area contributed by atoms with Crippen LogP contribution in [0.15, 0.2) is 0 Å². The average Bonchev–Trinajstić information content (AvgIpc) is 2.90. The van der Waals surface area contributed by atoms with E-state index >= 15 is 0 Å². The minimum absolute atomic E-state index is 0. The molecule has 0 spiro atoms. The predicted molar refractivity (Wildman–Crippen MR) is 174 cm³/mol. The summed E-state index contributed by atoms with van der Waals surface area (Å²) in [5, 5.41) is 15.5. The Kier molecular flexibility index (Phi) is 42.2. The summed E-state index contributed by atoms with van der Waals surface area (Å²) < 4.78 is 15.1. The fraction of sp³-hybridized carbons (Fsp3) is 0.882. The molecule has 0 saturated carbocycles. The average molecular weight is 659 g/mol. The van der Waals surface area contributed by atoms with Crippen LogP contribution in [0.25, 0.3) is 0 Å². The number of methoxy groups -OCH3 is 1. The van der Waals surface area contributed by atoms with E-state index in [2.05, 4.69) is 4.74 Å². The third-order valence-corrected chi connectivity index (χ3v) is 6.10. The molecule has 0 heterocycles. The molecule has 10 nitrogen and oxygen atoms in total. The maximum absolute atomic E-state index is 11.5. The first-order valence-electron chi connectivity index (χ1n) is 16.3. The molecule has 3 N–H and O–H groups in total. The van der Waals surface area contributed by atoms with Gasteiger partial charge in [0.05, 0.1) is 7.11 Å². The van der Waals surface area contributed by atoms with E-state index < -0.39 is 5.97 Å². The molecule has 0 radical (unpaired) electrons.